The van der Waals surface area contributed by atoms with Crippen LogP contribution in [0, 0.1) is 6.92 Å². The normalized spacial score (nSPS) is 10.0. The van der Waals surface area contributed by atoms with E-state index in [0.717, 1.165) is 0 Å². The van der Waals surface area contributed by atoms with Gasteiger partial charge in [0.1, 0.15) is 0 Å². The number of nitrogens with zero attached hydrogens (tertiary/aromatic N) is 3. The molecule has 0 saturated heterocycles. The maximum Gasteiger partial charge on any atom is 0.228 e. The van der Waals surface area contributed by atoms with Crippen molar-refractivity contribution in [3.05, 3.63) is 107 Å². The van der Waals surface area contributed by atoms with Crippen LogP contribution in [-0.2, 0) is 4.57 Å². The van der Waals surface area contributed by atoms with Crippen LogP contribution in [0.5, 0.6) is 0 Å². The number of rotatable bonds is 3. The van der Waals surface area contributed by atoms with Crippen molar-refractivity contribution in [2.24, 2.45) is 4.88 Å². The van der Waals surface area contributed by atoms with E-state index >= 15 is 0 Å². The second kappa shape index (κ2) is 8.73. The quantitative estimate of drug-likeness (QED) is 0.280. The largest absolute Gasteiger partial charge is 0.307 e. The first-order valence-electron chi connectivity index (χ1n) is 7.46. The minimum absolute atomic E-state index is 0.545. The van der Waals surface area contributed by atoms with Crippen LogP contribution in [0.15, 0.2) is 95.9 Å². The van der Waals surface area contributed by atoms with Gasteiger partial charge in [-0.15, -0.1) is 0 Å². The minimum atomic E-state index is -3.22. The standard InChI is InChI=1S/C12H10N3OP.C7H8/c13-14-15-17(16,11-7-3-1-4-8-11)12-9-5-2-6-10-12;1-7-5-3-2-4-6-7/h1-10H;2-6H,1H3. The molecule has 0 amide bonds. The molecule has 24 heavy (non-hydrogen) atoms. The molecule has 0 aliphatic carbocycles. The zero-order chi connectivity index (χ0) is 17.3. The second-order valence-electron chi connectivity index (χ2n) is 5.08. The SMILES string of the molecule is Cc1ccccc1.[N-]=[N+]=NP(=O)(c1ccccc1)c1ccccc1. The Morgan fingerprint density at radius 1 is 0.750 bits per heavy atom. The zero-order valence-electron chi connectivity index (χ0n) is 13.4. The van der Waals surface area contributed by atoms with Gasteiger partial charge in [0.2, 0.25) is 7.29 Å². The maximum absolute atomic E-state index is 12.8. The van der Waals surface area contributed by atoms with Crippen LogP contribution in [0.25, 0.3) is 10.4 Å². The summed E-state index contributed by atoms with van der Waals surface area (Å²) >= 11 is 0. The third-order valence-corrected chi connectivity index (χ3v) is 5.65. The van der Waals surface area contributed by atoms with Gasteiger partial charge in [0.05, 0.1) is 0 Å². The highest BCUT2D eigenvalue weighted by Crippen LogP contribution is 2.44. The molecule has 3 rings (SSSR count). The fraction of sp³-hybridized carbons (Fsp3) is 0.0526. The first-order valence-corrected chi connectivity index (χ1v) is 9.12. The Morgan fingerprint density at radius 2 is 1.12 bits per heavy atom. The molecular formula is C19H18N3OP. The molecule has 0 aliphatic rings. The number of aryl methyl sites for hydroxylation is 1. The van der Waals surface area contributed by atoms with Gasteiger partial charge < -0.3 is 4.57 Å². The predicted molar refractivity (Wildman–Crippen MR) is 100 cm³/mol. The molecule has 3 aromatic rings. The summed E-state index contributed by atoms with van der Waals surface area (Å²) in [6.45, 7) is 2.08. The first-order chi connectivity index (χ1) is 11.7. The molecule has 0 aliphatic heterocycles. The molecule has 0 saturated carbocycles. The molecule has 0 N–H and O–H groups in total. The van der Waals surface area contributed by atoms with Gasteiger partial charge in [-0.05, 0) is 17.3 Å². The van der Waals surface area contributed by atoms with E-state index in [9.17, 15) is 4.57 Å². The van der Waals surface area contributed by atoms with Gasteiger partial charge in [-0.3, -0.25) is 0 Å². The second-order valence-corrected chi connectivity index (χ2v) is 7.44. The first kappa shape index (κ1) is 17.6. The van der Waals surface area contributed by atoms with Crippen molar-refractivity contribution in [3.8, 4) is 0 Å². The molecule has 120 valence electrons. The topological polar surface area (TPSA) is 65.8 Å². The molecule has 5 heteroatoms. The highest BCUT2D eigenvalue weighted by atomic mass is 31.2. The molecule has 4 nitrogen and oxygen atoms in total. The fourth-order valence-electron chi connectivity index (χ4n) is 2.10. The zero-order valence-corrected chi connectivity index (χ0v) is 14.3. The van der Waals surface area contributed by atoms with E-state index in [1.807, 2.05) is 30.3 Å². The van der Waals surface area contributed by atoms with E-state index in [2.05, 4.69) is 28.9 Å². The molecule has 0 unspecified atom stereocenters. The number of azide groups is 1. The fourth-order valence-corrected chi connectivity index (χ4v) is 3.87. The van der Waals surface area contributed by atoms with Crippen molar-refractivity contribution in [3.63, 3.8) is 0 Å². The summed E-state index contributed by atoms with van der Waals surface area (Å²) < 4.78 is 12.8. The third-order valence-electron chi connectivity index (χ3n) is 3.32. The van der Waals surface area contributed by atoms with Crippen LogP contribution >= 0.6 is 7.29 Å². The third kappa shape index (κ3) is 4.60. The monoisotopic (exact) mass is 335 g/mol. The molecule has 0 spiro atoms. The van der Waals surface area contributed by atoms with Crippen molar-refractivity contribution in [1.82, 2.24) is 0 Å². The lowest BCUT2D eigenvalue weighted by Crippen LogP contribution is -2.13. The van der Waals surface area contributed by atoms with Gasteiger partial charge in [0.25, 0.3) is 0 Å². The predicted octanol–water partition coefficient (Wildman–Crippen LogP) is 5.22. The molecule has 0 radical (unpaired) electrons. The molecule has 0 heterocycles. The highest BCUT2D eigenvalue weighted by molar-refractivity contribution is 7.77. The summed E-state index contributed by atoms with van der Waals surface area (Å²) in [5.74, 6) is 0. The van der Waals surface area contributed by atoms with E-state index in [1.165, 1.54) is 5.56 Å². The summed E-state index contributed by atoms with van der Waals surface area (Å²) in [6, 6.07) is 27.9. The summed E-state index contributed by atoms with van der Waals surface area (Å²) in [5, 5.41) is 1.09. The van der Waals surface area contributed by atoms with E-state index in [0.29, 0.717) is 10.6 Å². The molecule has 0 aromatic heterocycles. The highest BCUT2D eigenvalue weighted by Gasteiger charge is 2.25. The lowest BCUT2D eigenvalue weighted by molar-refractivity contribution is 0.588. The Morgan fingerprint density at radius 3 is 1.42 bits per heavy atom. The average Bonchev–Trinajstić information content (AvgIpc) is 2.64. The Kier molecular flexibility index (Phi) is 6.39. The maximum atomic E-state index is 12.8. The van der Waals surface area contributed by atoms with Crippen LogP contribution < -0.4 is 10.6 Å². The van der Waals surface area contributed by atoms with Crippen LogP contribution in [0.3, 0.4) is 0 Å². The molecular weight excluding hydrogens is 317 g/mol. The van der Waals surface area contributed by atoms with Crippen LogP contribution in [0.4, 0.5) is 0 Å². The summed E-state index contributed by atoms with van der Waals surface area (Å²) in [5.41, 5.74) is 9.93. The van der Waals surface area contributed by atoms with Gasteiger partial charge in [0.15, 0.2) is 0 Å². The number of benzene rings is 3. The Labute approximate surface area is 141 Å². The van der Waals surface area contributed by atoms with Gasteiger partial charge in [-0.2, -0.15) is 0 Å². The smallest absolute Gasteiger partial charge is 0.228 e. The van der Waals surface area contributed by atoms with Crippen molar-refractivity contribution < 1.29 is 4.57 Å². The van der Waals surface area contributed by atoms with Crippen LogP contribution in [0.2, 0.25) is 0 Å². The molecule has 0 atom stereocenters. The Bertz CT molecular complexity index is 802. The van der Waals surface area contributed by atoms with E-state index in [-0.39, 0.29) is 0 Å². The van der Waals surface area contributed by atoms with Crippen molar-refractivity contribution in [1.29, 1.82) is 0 Å². The van der Waals surface area contributed by atoms with Gasteiger partial charge in [0, 0.05) is 15.5 Å². The lowest BCUT2D eigenvalue weighted by atomic mass is 10.2. The van der Waals surface area contributed by atoms with Gasteiger partial charge >= 0.3 is 0 Å². The molecule has 3 aromatic carbocycles. The van der Waals surface area contributed by atoms with Crippen molar-refractivity contribution in [2.75, 3.05) is 0 Å². The lowest BCUT2D eigenvalue weighted by Gasteiger charge is -2.12. The molecule has 0 bridgehead atoms. The van der Waals surface area contributed by atoms with E-state index < -0.39 is 7.29 Å². The van der Waals surface area contributed by atoms with E-state index in [1.54, 1.807) is 48.5 Å². The van der Waals surface area contributed by atoms with Gasteiger partial charge in [-0.25, -0.2) is 0 Å². The summed E-state index contributed by atoms with van der Waals surface area (Å²) in [7, 11) is -3.22. The minimum Gasteiger partial charge on any atom is -0.307 e. The van der Waals surface area contributed by atoms with E-state index in [4.69, 9.17) is 5.53 Å². The Balaban J connectivity index is 0.000000249. The van der Waals surface area contributed by atoms with Crippen LogP contribution in [0.1, 0.15) is 5.56 Å². The summed E-state index contributed by atoms with van der Waals surface area (Å²) in [4.78, 5) is 6.26. The summed E-state index contributed by atoms with van der Waals surface area (Å²) in [6.07, 6.45) is 0. The van der Waals surface area contributed by atoms with Crippen LogP contribution in [-0.4, -0.2) is 0 Å². The van der Waals surface area contributed by atoms with Crippen molar-refractivity contribution in [2.45, 2.75) is 6.92 Å². The average molecular weight is 335 g/mol. The number of hydrogen-bond acceptors (Lipinski definition) is 1. The van der Waals surface area contributed by atoms with Gasteiger partial charge in [-0.1, -0.05) is 96.6 Å². The Hall–Kier alpha value is -2.80. The van der Waals surface area contributed by atoms with Crippen molar-refractivity contribution >= 4 is 17.9 Å². The molecule has 0 fully saturated rings. The number of hydrogen-bond donors (Lipinski definition) is 0.